The Morgan fingerprint density at radius 2 is 1.81 bits per heavy atom. The maximum absolute atomic E-state index is 6.34. The Balaban J connectivity index is 2.41. The highest BCUT2D eigenvalue weighted by Crippen LogP contribution is 2.29. The minimum Gasteiger partial charge on any atom is -0.271 e. The van der Waals surface area contributed by atoms with Gasteiger partial charge in [0.25, 0.3) is 0 Å². The van der Waals surface area contributed by atoms with Crippen molar-refractivity contribution in [3.8, 4) is 0 Å². The average Bonchev–Trinajstić information content (AvgIpc) is 2.62. The van der Waals surface area contributed by atoms with Gasteiger partial charge in [-0.2, -0.15) is 5.10 Å². The fourth-order valence-corrected chi connectivity index (χ4v) is 3.35. The van der Waals surface area contributed by atoms with Crippen molar-refractivity contribution < 1.29 is 0 Å². The molecule has 1 aromatic heterocycles. The number of rotatable bonds is 4. The lowest BCUT2D eigenvalue weighted by atomic mass is 9.91. The van der Waals surface area contributed by atoms with E-state index in [0.29, 0.717) is 5.15 Å². The third-order valence-corrected chi connectivity index (χ3v) is 4.44. The molecule has 0 aliphatic carbocycles. The summed E-state index contributed by atoms with van der Waals surface area (Å²) in [4.78, 5) is 0. The summed E-state index contributed by atoms with van der Waals surface area (Å²) < 4.78 is 1.70. The molecule has 0 fully saturated rings. The van der Waals surface area contributed by atoms with E-state index in [4.69, 9.17) is 17.4 Å². The van der Waals surface area contributed by atoms with Crippen molar-refractivity contribution in [3.63, 3.8) is 0 Å². The maximum atomic E-state index is 6.34. The largest absolute Gasteiger partial charge is 0.271 e. The van der Waals surface area contributed by atoms with Crippen LogP contribution in [0.15, 0.2) is 12.1 Å². The highest BCUT2D eigenvalue weighted by molar-refractivity contribution is 6.30. The van der Waals surface area contributed by atoms with Gasteiger partial charge in [-0.15, -0.1) is 0 Å². The number of benzene rings is 1. The molecule has 114 valence electrons. The molecule has 0 aliphatic heterocycles. The number of hydrogen-bond acceptors (Lipinski definition) is 3. The van der Waals surface area contributed by atoms with Crippen LogP contribution in [-0.4, -0.2) is 9.78 Å². The molecule has 1 atom stereocenters. The van der Waals surface area contributed by atoms with E-state index in [-0.39, 0.29) is 6.04 Å². The predicted octanol–water partition coefficient (Wildman–Crippen LogP) is 3.05. The van der Waals surface area contributed by atoms with Crippen LogP contribution in [0.25, 0.3) is 0 Å². The van der Waals surface area contributed by atoms with E-state index in [9.17, 15) is 0 Å². The van der Waals surface area contributed by atoms with Crippen molar-refractivity contribution in [1.82, 2.24) is 15.2 Å². The molecule has 0 amide bonds. The van der Waals surface area contributed by atoms with Crippen LogP contribution in [-0.2, 0) is 13.5 Å². The molecular weight excluding hydrogens is 284 g/mol. The Morgan fingerprint density at radius 3 is 2.24 bits per heavy atom. The molecule has 0 aliphatic rings. The lowest BCUT2D eigenvalue weighted by Gasteiger charge is -2.21. The van der Waals surface area contributed by atoms with Crippen molar-refractivity contribution in [2.75, 3.05) is 0 Å². The summed E-state index contributed by atoms with van der Waals surface area (Å²) in [6.45, 7) is 8.33. The van der Waals surface area contributed by atoms with Crippen LogP contribution < -0.4 is 11.3 Å². The van der Waals surface area contributed by atoms with Crippen LogP contribution >= 0.6 is 11.6 Å². The maximum Gasteiger partial charge on any atom is 0.130 e. The van der Waals surface area contributed by atoms with E-state index in [1.807, 2.05) is 14.0 Å². The first kappa shape index (κ1) is 16.0. The van der Waals surface area contributed by atoms with Gasteiger partial charge in [0, 0.05) is 12.6 Å². The average molecular weight is 307 g/mol. The SMILES string of the molecule is Cc1cc(C)c(C(Cc2c(C)nn(C)c2Cl)NN)c(C)c1. The smallest absolute Gasteiger partial charge is 0.130 e. The van der Waals surface area contributed by atoms with E-state index in [1.54, 1.807) is 4.68 Å². The Kier molecular flexibility index (Phi) is 4.71. The fraction of sp³-hybridized carbons (Fsp3) is 0.438. The number of hydrogen-bond donors (Lipinski definition) is 2. The predicted molar refractivity (Wildman–Crippen MR) is 87.4 cm³/mol. The normalized spacial score (nSPS) is 12.7. The highest BCUT2D eigenvalue weighted by Gasteiger charge is 2.20. The topological polar surface area (TPSA) is 55.9 Å². The van der Waals surface area contributed by atoms with Gasteiger partial charge in [-0.3, -0.25) is 16.0 Å². The van der Waals surface area contributed by atoms with Crippen molar-refractivity contribution in [3.05, 3.63) is 50.8 Å². The minimum absolute atomic E-state index is 0.0194. The van der Waals surface area contributed by atoms with Crippen molar-refractivity contribution in [1.29, 1.82) is 0 Å². The van der Waals surface area contributed by atoms with Crippen LogP contribution in [0.4, 0.5) is 0 Å². The summed E-state index contributed by atoms with van der Waals surface area (Å²) in [5.74, 6) is 5.82. The fourth-order valence-electron chi connectivity index (χ4n) is 3.10. The van der Waals surface area contributed by atoms with Gasteiger partial charge in [0.1, 0.15) is 5.15 Å². The molecule has 0 bridgehead atoms. The van der Waals surface area contributed by atoms with Gasteiger partial charge >= 0.3 is 0 Å². The van der Waals surface area contributed by atoms with Gasteiger partial charge in [0.15, 0.2) is 0 Å². The van der Waals surface area contributed by atoms with Gasteiger partial charge in [-0.1, -0.05) is 29.3 Å². The summed E-state index contributed by atoms with van der Waals surface area (Å²) in [5, 5.41) is 5.04. The van der Waals surface area contributed by atoms with Gasteiger partial charge in [-0.25, -0.2) is 0 Å². The monoisotopic (exact) mass is 306 g/mol. The van der Waals surface area contributed by atoms with E-state index in [0.717, 1.165) is 17.7 Å². The van der Waals surface area contributed by atoms with Gasteiger partial charge < -0.3 is 0 Å². The second-order valence-corrected chi connectivity index (χ2v) is 6.07. The molecule has 5 heteroatoms. The van der Waals surface area contributed by atoms with E-state index in [1.165, 1.54) is 22.3 Å². The molecule has 0 spiro atoms. The summed E-state index contributed by atoms with van der Waals surface area (Å²) in [6.07, 6.45) is 0.722. The molecule has 0 radical (unpaired) electrons. The third kappa shape index (κ3) is 3.12. The number of aryl methyl sites for hydroxylation is 5. The molecule has 2 aromatic rings. The first-order valence-electron chi connectivity index (χ1n) is 7.07. The number of nitrogens with zero attached hydrogens (tertiary/aromatic N) is 2. The highest BCUT2D eigenvalue weighted by atomic mass is 35.5. The molecule has 2 rings (SSSR count). The van der Waals surface area contributed by atoms with E-state index >= 15 is 0 Å². The molecule has 4 nitrogen and oxygen atoms in total. The second-order valence-electron chi connectivity index (χ2n) is 5.71. The van der Waals surface area contributed by atoms with Crippen LogP contribution in [0.2, 0.25) is 5.15 Å². The Labute approximate surface area is 131 Å². The van der Waals surface area contributed by atoms with E-state index < -0.39 is 0 Å². The lowest BCUT2D eigenvalue weighted by molar-refractivity contribution is 0.545. The number of nitrogens with two attached hydrogens (primary N) is 1. The first-order valence-corrected chi connectivity index (χ1v) is 7.44. The number of hydrazine groups is 1. The molecule has 1 aromatic carbocycles. The summed E-state index contributed by atoms with van der Waals surface area (Å²) in [6, 6.07) is 4.39. The van der Waals surface area contributed by atoms with Crippen molar-refractivity contribution in [2.24, 2.45) is 12.9 Å². The van der Waals surface area contributed by atoms with Crippen LogP contribution in [0.1, 0.15) is 39.6 Å². The number of aromatic nitrogens is 2. The summed E-state index contributed by atoms with van der Waals surface area (Å²) in [7, 11) is 1.85. The zero-order valence-electron chi connectivity index (χ0n) is 13.3. The molecule has 0 saturated carbocycles. The molecule has 0 saturated heterocycles. The standard InChI is InChI=1S/C16H23ClN4/c1-9-6-10(2)15(11(3)7-9)14(19-18)8-13-12(4)20-21(5)16(13)17/h6-7,14,19H,8,18H2,1-5H3. The molecule has 21 heavy (non-hydrogen) atoms. The van der Waals surface area contributed by atoms with Gasteiger partial charge in [0.05, 0.1) is 11.7 Å². The summed E-state index contributed by atoms with van der Waals surface area (Å²) in [5.41, 5.74) is 9.92. The summed E-state index contributed by atoms with van der Waals surface area (Å²) >= 11 is 6.34. The van der Waals surface area contributed by atoms with Crippen LogP contribution in [0.3, 0.4) is 0 Å². The molecular formula is C16H23ClN4. The Hall–Kier alpha value is -1.36. The van der Waals surface area contributed by atoms with Crippen molar-refractivity contribution >= 4 is 11.6 Å². The zero-order valence-corrected chi connectivity index (χ0v) is 14.0. The van der Waals surface area contributed by atoms with Crippen molar-refractivity contribution in [2.45, 2.75) is 40.2 Å². The zero-order chi connectivity index (χ0) is 15.7. The minimum atomic E-state index is 0.0194. The second kappa shape index (κ2) is 6.18. The Bertz CT molecular complexity index is 638. The first-order chi connectivity index (χ1) is 9.85. The number of halogens is 1. The lowest BCUT2D eigenvalue weighted by Crippen LogP contribution is -2.31. The third-order valence-electron chi connectivity index (χ3n) is 3.97. The molecule has 1 unspecified atom stereocenters. The quantitative estimate of drug-likeness (QED) is 0.674. The van der Waals surface area contributed by atoms with Crippen LogP contribution in [0, 0.1) is 27.7 Å². The van der Waals surface area contributed by atoms with E-state index in [2.05, 4.69) is 43.4 Å². The van der Waals surface area contributed by atoms with Gasteiger partial charge in [-0.05, 0) is 50.8 Å². The molecule has 1 heterocycles. The number of nitrogens with one attached hydrogen (secondary N) is 1. The Morgan fingerprint density at radius 1 is 1.24 bits per heavy atom. The molecule has 3 N–H and O–H groups in total. The van der Waals surface area contributed by atoms with Gasteiger partial charge in [0.2, 0.25) is 0 Å². The van der Waals surface area contributed by atoms with Crippen LogP contribution in [0.5, 0.6) is 0 Å².